The molecule has 0 spiro atoms. The molecule has 0 radical (unpaired) electrons. The molecule has 0 amide bonds. The molecule has 0 N–H and O–H groups in total. The third kappa shape index (κ3) is 9.08. The smallest absolute Gasteiger partial charge is 0.0468 e. The summed E-state index contributed by atoms with van der Waals surface area (Å²) in [6.45, 7) is 0. The van der Waals surface area contributed by atoms with Crippen LogP contribution in [0.3, 0.4) is 0 Å². The van der Waals surface area contributed by atoms with Crippen LogP contribution in [0.5, 0.6) is 0 Å². The van der Waals surface area contributed by atoms with E-state index < -0.39 is 0 Å². The van der Waals surface area contributed by atoms with Crippen LogP contribution in [0.25, 0.3) is 82.8 Å². The molecule has 2 nitrogen and oxygen atoms in total. The van der Waals surface area contributed by atoms with E-state index in [-0.39, 0.29) is 0 Å². The first-order chi connectivity index (χ1) is 37.7. The van der Waals surface area contributed by atoms with Crippen molar-refractivity contribution < 1.29 is 0 Å². The number of hydrogen-bond donors (Lipinski definition) is 0. The van der Waals surface area contributed by atoms with Crippen molar-refractivity contribution in [3.63, 3.8) is 0 Å². The zero-order valence-electron chi connectivity index (χ0n) is 42.2. The Bertz CT molecular complexity index is 4020. The molecule has 76 heavy (non-hydrogen) atoms. The molecule has 13 rings (SSSR count). The zero-order valence-corrected chi connectivity index (χ0v) is 42.2. The van der Waals surface area contributed by atoms with Gasteiger partial charge < -0.3 is 9.80 Å². The van der Waals surface area contributed by atoms with E-state index in [1.807, 2.05) is 0 Å². The lowest BCUT2D eigenvalue weighted by Crippen LogP contribution is -2.10. The topological polar surface area (TPSA) is 6.48 Å². The van der Waals surface area contributed by atoms with Gasteiger partial charge in [-0.25, -0.2) is 0 Å². The third-order valence-corrected chi connectivity index (χ3v) is 14.9. The van der Waals surface area contributed by atoms with Crippen LogP contribution in [0, 0.1) is 0 Å². The summed E-state index contributed by atoms with van der Waals surface area (Å²) in [6, 6.07) is 104. The van der Waals surface area contributed by atoms with E-state index in [1.165, 1.54) is 82.8 Å². The average Bonchev–Trinajstić information content (AvgIpc) is 3.65. The van der Waals surface area contributed by atoms with Crippen molar-refractivity contribution in [3.8, 4) is 55.6 Å². The molecular weight excluding hydrogens is 917 g/mol. The summed E-state index contributed by atoms with van der Waals surface area (Å²) in [5.41, 5.74) is 21.1. The molecule has 360 valence electrons. The molecule has 1 aliphatic carbocycles. The van der Waals surface area contributed by atoms with E-state index in [9.17, 15) is 0 Å². The van der Waals surface area contributed by atoms with Gasteiger partial charge in [-0.05, 0) is 174 Å². The van der Waals surface area contributed by atoms with Crippen LogP contribution in [0.2, 0.25) is 0 Å². The minimum absolute atomic E-state index is 1.04. The second-order valence-corrected chi connectivity index (χ2v) is 19.6. The van der Waals surface area contributed by atoms with Gasteiger partial charge in [-0.3, -0.25) is 0 Å². The van der Waals surface area contributed by atoms with E-state index in [2.05, 4.69) is 313 Å². The molecule has 1 aliphatic rings. The summed E-state index contributed by atoms with van der Waals surface area (Å²) in [7, 11) is 0. The lowest BCUT2D eigenvalue weighted by Gasteiger charge is -2.28. The highest BCUT2D eigenvalue weighted by Crippen LogP contribution is 2.49. The third-order valence-electron chi connectivity index (χ3n) is 14.9. The molecule has 0 aliphatic heterocycles. The van der Waals surface area contributed by atoms with E-state index in [4.69, 9.17) is 0 Å². The Morgan fingerprint density at radius 3 is 0.908 bits per heavy atom. The van der Waals surface area contributed by atoms with Gasteiger partial charge in [0, 0.05) is 34.1 Å². The van der Waals surface area contributed by atoms with E-state index in [0.717, 1.165) is 52.5 Å². The summed E-state index contributed by atoms with van der Waals surface area (Å²) in [4.78, 5) is 4.79. The van der Waals surface area contributed by atoms with E-state index >= 15 is 0 Å². The number of fused-ring (bicyclic) bond motifs is 2. The largest absolute Gasteiger partial charge is 0.310 e. The Morgan fingerprint density at radius 2 is 0.539 bits per heavy atom. The number of allylic oxidation sites excluding steroid dienone is 4. The van der Waals surface area contributed by atoms with E-state index in [1.54, 1.807) is 0 Å². The first-order valence-corrected chi connectivity index (χ1v) is 26.4. The van der Waals surface area contributed by atoms with Crippen LogP contribution in [-0.4, -0.2) is 0 Å². The quantitative estimate of drug-likeness (QED) is 0.113. The van der Waals surface area contributed by atoms with Crippen molar-refractivity contribution in [1.29, 1.82) is 0 Å². The second kappa shape index (κ2) is 20.6. The maximum atomic E-state index is 2.44. The number of anilines is 6. The summed E-state index contributed by atoms with van der Waals surface area (Å²) in [6.07, 6.45) is 8.83. The fourth-order valence-electron chi connectivity index (χ4n) is 11.2. The molecule has 0 atom stereocenters. The lowest BCUT2D eigenvalue weighted by molar-refractivity contribution is 1.05. The van der Waals surface area contributed by atoms with Crippen molar-refractivity contribution >= 4 is 61.2 Å². The highest BCUT2D eigenvalue weighted by atomic mass is 15.1. The fraction of sp³-hybridized carbons (Fsp3) is 0.0270. The van der Waals surface area contributed by atoms with Crippen LogP contribution in [-0.2, 0) is 0 Å². The maximum absolute atomic E-state index is 2.44. The van der Waals surface area contributed by atoms with Gasteiger partial charge in [0.15, 0.2) is 0 Å². The van der Waals surface area contributed by atoms with Crippen LogP contribution in [0.4, 0.5) is 34.1 Å². The van der Waals surface area contributed by atoms with Crippen molar-refractivity contribution in [2.75, 3.05) is 9.80 Å². The second-order valence-electron chi connectivity index (χ2n) is 19.6. The zero-order chi connectivity index (χ0) is 50.6. The summed E-state index contributed by atoms with van der Waals surface area (Å²) in [5, 5.41) is 4.74. The molecule has 0 bridgehead atoms. The Balaban J connectivity index is 1.06. The van der Waals surface area contributed by atoms with Gasteiger partial charge in [-0.2, -0.15) is 0 Å². The number of rotatable bonds is 12. The molecule has 2 heteroatoms. The molecule has 0 saturated heterocycles. The molecule has 0 aromatic heterocycles. The molecule has 0 heterocycles. The minimum Gasteiger partial charge on any atom is -0.310 e. The van der Waals surface area contributed by atoms with Gasteiger partial charge in [0.2, 0.25) is 0 Å². The number of nitrogens with zero attached hydrogens (tertiary/aromatic N) is 2. The van der Waals surface area contributed by atoms with Crippen LogP contribution in [0.1, 0.15) is 18.4 Å². The monoisotopic (exact) mass is 970 g/mol. The standard InChI is InChI=1S/C74H54N2/c1-7-19-53(20-8-1)57-31-35-61(36-32-57)73-69-49-47-68(76(64-29-17-6-18-30-64)66-45-41-60(42-46-66)56-25-13-4-14-26-56)52-72(69)74(62-37-33-58(34-38-62)54-21-9-2-10-22-54)70-50-48-67(51-71(70)73)75(63-27-15-5-16-28-63)65-43-39-59(40-44-65)55-23-11-3-12-24-55/h1-9,11-21,23-52H,10,22H2. The van der Waals surface area contributed by atoms with Gasteiger partial charge in [0.25, 0.3) is 0 Å². The van der Waals surface area contributed by atoms with Crippen LogP contribution >= 0.6 is 0 Å². The summed E-state index contributed by atoms with van der Waals surface area (Å²) < 4.78 is 0. The maximum Gasteiger partial charge on any atom is 0.0468 e. The predicted octanol–water partition coefficient (Wildman–Crippen LogP) is 21.0. The van der Waals surface area contributed by atoms with Crippen molar-refractivity contribution in [3.05, 3.63) is 309 Å². The highest BCUT2D eigenvalue weighted by Gasteiger charge is 2.23. The van der Waals surface area contributed by atoms with E-state index in [0.29, 0.717) is 0 Å². The summed E-state index contributed by atoms with van der Waals surface area (Å²) in [5.74, 6) is 0. The Morgan fingerprint density at radius 1 is 0.237 bits per heavy atom. The predicted molar refractivity (Wildman–Crippen MR) is 324 cm³/mol. The number of para-hydroxylation sites is 2. The van der Waals surface area contributed by atoms with Gasteiger partial charge >= 0.3 is 0 Å². The van der Waals surface area contributed by atoms with Gasteiger partial charge in [0.05, 0.1) is 0 Å². The molecular formula is C74H54N2. The lowest BCUT2D eigenvalue weighted by atomic mass is 9.84. The molecule has 0 fully saturated rings. The SMILES string of the molecule is C1=CCCC(c2ccc(-c3c4ccc(N(c5ccccc5)c5ccc(-c6ccccc6)cc5)cc4c(-c4ccc(-c5ccccc5)cc4)c4ccc(N(c5ccccc5)c5ccc(-c6ccccc6)cc5)cc34)cc2)=C1. The Hall–Kier alpha value is -9.76. The molecule has 12 aromatic carbocycles. The Labute approximate surface area is 446 Å². The normalized spacial score (nSPS) is 12.1. The Kier molecular flexibility index (Phi) is 12.5. The highest BCUT2D eigenvalue weighted by molar-refractivity contribution is 6.23. The number of hydrogen-bond acceptors (Lipinski definition) is 2. The average molecular weight is 971 g/mol. The molecule has 12 aromatic rings. The van der Waals surface area contributed by atoms with Gasteiger partial charge in [-0.1, -0.05) is 231 Å². The minimum atomic E-state index is 1.04. The number of benzene rings is 12. The van der Waals surface area contributed by atoms with Crippen molar-refractivity contribution in [2.45, 2.75) is 12.8 Å². The first kappa shape index (κ1) is 46.1. The van der Waals surface area contributed by atoms with Crippen molar-refractivity contribution in [1.82, 2.24) is 0 Å². The van der Waals surface area contributed by atoms with Gasteiger partial charge in [0.1, 0.15) is 0 Å². The molecule has 0 unspecified atom stereocenters. The summed E-state index contributed by atoms with van der Waals surface area (Å²) >= 11 is 0. The first-order valence-electron chi connectivity index (χ1n) is 26.4. The molecule has 0 saturated carbocycles. The van der Waals surface area contributed by atoms with Crippen molar-refractivity contribution in [2.24, 2.45) is 0 Å². The van der Waals surface area contributed by atoms with Crippen LogP contribution in [0.15, 0.2) is 303 Å². The van der Waals surface area contributed by atoms with Gasteiger partial charge in [-0.15, -0.1) is 0 Å². The fourth-order valence-corrected chi connectivity index (χ4v) is 11.2. The van der Waals surface area contributed by atoms with Crippen LogP contribution < -0.4 is 9.80 Å².